The van der Waals surface area contributed by atoms with Gasteiger partial charge >= 0.3 is 5.97 Å². The summed E-state index contributed by atoms with van der Waals surface area (Å²) in [6, 6.07) is 9.93. The van der Waals surface area contributed by atoms with Crippen molar-refractivity contribution in [3.63, 3.8) is 0 Å². The zero-order valence-electron chi connectivity index (χ0n) is 13.6. The largest absolute Gasteiger partial charge is 0.460 e. The van der Waals surface area contributed by atoms with Gasteiger partial charge in [-0.3, -0.25) is 9.78 Å². The van der Waals surface area contributed by atoms with Crippen LogP contribution in [0.15, 0.2) is 36.5 Å². The topological polar surface area (TPSA) is 48.4 Å². The fraction of sp³-hybridized carbons (Fsp3) is 0.444. The molecular weight excluding hydrogens is 278 g/mol. The van der Waals surface area contributed by atoms with E-state index in [1.54, 1.807) is 6.20 Å². The van der Waals surface area contributed by atoms with Crippen LogP contribution in [0.25, 0.3) is 10.9 Å². The van der Waals surface area contributed by atoms with Crippen LogP contribution in [0.3, 0.4) is 0 Å². The number of aromatic nitrogens is 1. The first-order valence-electron chi connectivity index (χ1n) is 7.54. The first kappa shape index (κ1) is 16.4. The van der Waals surface area contributed by atoms with E-state index in [0.29, 0.717) is 6.61 Å². The molecule has 1 heterocycles. The highest BCUT2D eigenvalue weighted by atomic mass is 16.6. The predicted molar refractivity (Wildman–Crippen MR) is 86.6 cm³/mol. The number of ether oxygens (including phenoxy) is 2. The van der Waals surface area contributed by atoms with Gasteiger partial charge in [0, 0.05) is 11.6 Å². The van der Waals surface area contributed by atoms with E-state index >= 15 is 0 Å². The van der Waals surface area contributed by atoms with Crippen LogP contribution in [0.5, 0.6) is 0 Å². The number of hydrogen-bond donors (Lipinski definition) is 0. The summed E-state index contributed by atoms with van der Waals surface area (Å²) in [6.45, 7) is 7.90. The Balaban J connectivity index is 1.95. The molecule has 1 unspecified atom stereocenters. The van der Waals surface area contributed by atoms with Crippen LogP contribution in [0.2, 0.25) is 0 Å². The van der Waals surface area contributed by atoms with E-state index in [9.17, 15) is 4.79 Å². The molecule has 0 saturated carbocycles. The van der Waals surface area contributed by atoms with Crippen molar-refractivity contribution in [1.82, 2.24) is 4.98 Å². The van der Waals surface area contributed by atoms with Gasteiger partial charge in [-0.25, -0.2) is 0 Å². The SMILES string of the molecule is CC(OCCC(=O)OC(C)(C)C)c1cccc2ncccc12. The lowest BCUT2D eigenvalue weighted by Crippen LogP contribution is -2.24. The summed E-state index contributed by atoms with van der Waals surface area (Å²) >= 11 is 0. The van der Waals surface area contributed by atoms with Gasteiger partial charge in [0.1, 0.15) is 5.60 Å². The van der Waals surface area contributed by atoms with Gasteiger partial charge in [-0.05, 0) is 45.4 Å². The van der Waals surface area contributed by atoms with Gasteiger partial charge in [-0.15, -0.1) is 0 Å². The minimum atomic E-state index is -0.454. The molecule has 0 aliphatic heterocycles. The number of nitrogens with zero attached hydrogens (tertiary/aromatic N) is 1. The fourth-order valence-corrected chi connectivity index (χ4v) is 2.28. The van der Waals surface area contributed by atoms with Crippen molar-refractivity contribution >= 4 is 16.9 Å². The smallest absolute Gasteiger partial charge is 0.308 e. The number of esters is 1. The van der Waals surface area contributed by atoms with Crippen LogP contribution in [0.1, 0.15) is 45.8 Å². The molecule has 0 aliphatic rings. The van der Waals surface area contributed by atoms with Crippen molar-refractivity contribution in [3.8, 4) is 0 Å². The molecule has 118 valence electrons. The normalized spacial score (nSPS) is 13.1. The zero-order valence-corrected chi connectivity index (χ0v) is 13.6. The Bertz CT molecular complexity index is 641. The lowest BCUT2D eigenvalue weighted by molar-refractivity contribution is -0.156. The van der Waals surface area contributed by atoms with Crippen LogP contribution in [0.4, 0.5) is 0 Å². The lowest BCUT2D eigenvalue weighted by Gasteiger charge is -2.20. The molecule has 2 rings (SSSR count). The summed E-state index contributed by atoms with van der Waals surface area (Å²) in [6.07, 6.45) is 1.93. The molecule has 0 aliphatic carbocycles. The van der Waals surface area contributed by atoms with Gasteiger partial charge in [0.15, 0.2) is 0 Å². The van der Waals surface area contributed by atoms with Crippen molar-refractivity contribution in [2.75, 3.05) is 6.61 Å². The van der Waals surface area contributed by atoms with E-state index in [1.165, 1.54) is 0 Å². The van der Waals surface area contributed by atoms with E-state index in [0.717, 1.165) is 16.5 Å². The molecule has 4 heteroatoms. The molecule has 0 radical (unpaired) electrons. The monoisotopic (exact) mass is 301 g/mol. The Morgan fingerprint density at radius 2 is 2.00 bits per heavy atom. The number of rotatable bonds is 5. The third-order valence-corrected chi connectivity index (χ3v) is 3.21. The number of carbonyl (C=O) groups is 1. The molecule has 0 saturated heterocycles. The summed E-state index contributed by atoms with van der Waals surface area (Å²) < 4.78 is 11.1. The Kier molecular flexibility index (Phi) is 5.14. The summed E-state index contributed by atoms with van der Waals surface area (Å²) in [7, 11) is 0. The number of fused-ring (bicyclic) bond motifs is 1. The van der Waals surface area contributed by atoms with Crippen LogP contribution in [-0.4, -0.2) is 23.2 Å². The van der Waals surface area contributed by atoms with Crippen LogP contribution < -0.4 is 0 Å². The third kappa shape index (κ3) is 4.53. The highest BCUT2D eigenvalue weighted by Gasteiger charge is 2.17. The number of benzene rings is 1. The summed E-state index contributed by atoms with van der Waals surface area (Å²) in [4.78, 5) is 16.0. The standard InChI is InChI=1S/C18H23NO3/c1-13(21-12-10-17(20)22-18(2,3)4)14-7-5-9-16-15(14)8-6-11-19-16/h5-9,11,13H,10,12H2,1-4H3. The summed E-state index contributed by atoms with van der Waals surface area (Å²) in [5, 5.41) is 1.08. The molecule has 1 atom stereocenters. The maximum Gasteiger partial charge on any atom is 0.308 e. The second kappa shape index (κ2) is 6.88. The lowest BCUT2D eigenvalue weighted by atomic mass is 10.0. The highest BCUT2D eigenvalue weighted by Crippen LogP contribution is 2.25. The quantitative estimate of drug-likeness (QED) is 0.782. The van der Waals surface area contributed by atoms with Gasteiger partial charge in [0.25, 0.3) is 0 Å². The molecule has 0 amide bonds. The zero-order chi connectivity index (χ0) is 16.2. The van der Waals surface area contributed by atoms with Gasteiger partial charge in [0.2, 0.25) is 0 Å². The molecule has 1 aromatic heterocycles. The number of pyridine rings is 1. The average molecular weight is 301 g/mol. The van der Waals surface area contributed by atoms with E-state index < -0.39 is 5.60 Å². The van der Waals surface area contributed by atoms with Gasteiger partial charge < -0.3 is 9.47 Å². The first-order valence-corrected chi connectivity index (χ1v) is 7.54. The molecule has 0 N–H and O–H groups in total. The average Bonchev–Trinajstić information content (AvgIpc) is 2.44. The van der Waals surface area contributed by atoms with Crippen LogP contribution in [-0.2, 0) is 14.3 Å². The van der Waals surface area contributed by atoms with Crippen molar-refractivity contribution in [1.29, 1.82) is 0 Å². The van der Waals surface area contributed by atoms with Gasteiger partial charge in [-0.1, -0.05) is 18.2 Å². The summed E-state index contributed by atoms with van der Waals surface area (Å²) in [5.74, 6) is -0.237. The molecule has 0 fully saturated rings. The van der Waals surface area contributed by atoms with Gasteiger partial charge in [-0.2, -0.15) is 0 Å². The molecular formula is C18H23NO3. The Morgan fingerprint density at radius 3 is 2.73 bits per heavy atom. The van der Waals surface area contributed by atoms with Crippen molar-refractivity contribution in [3.05, 3.63) is 42.1 Å². The molecule has 22 heavy (non-hydrogen) atoms. The highest BCUT2D eigenvalue weighted by molar-refractivity contribution is 5.82. The van der Waals surface area contributed by atoms with Gasteiger partial charge in [0.05, 0.1) is 24.6 Å². The molecule has 0 spiro atoms. The second-order valence-electron chi connectivity index (χ2n) is 6.27. The number of carbonyl (C=O) groups excluding carboxylic acids is 1. The van der Waals surface area contributed by atoms with E-state index in [2.05, 4.69) is 4.98 Å². The summed E-state index contributed by atoms with van der Waals surface area (Å²) in [5.41, 5.74) is 1.57. The second-order valence-corrected chi connectivity index (χ2v) is 6.27. The molecule has 0 bridgehead atoms. The first-order chi connectivity index (χ1) is 10.4. The Morgan fingerprint density at radius 1 is 1.23 bits per heavy atom. The third-order valence-electron chi connectivity index (χ3n) is 3.21. The van der Waals surface area contributed by atoms with Crippen molar-refractivity contribution in [2.45, 2.75) is 45.8 Å². The molecule has 1 aromatic carbocycles. The predicted octanol–water partition coefficient (Wildman–Crippen LogP) is 4.04. The van der Waals surface area contributed by atoms with E-state index in [4.69, 9.17) is 9.47 Å². The van der Waals surface area contributed by atoms with E-state index in [-0.39, 0.29) is 18.5 Å². The maximum absolute atomic E-state index is 11.7. The Hall–Kier alpha value is -1.94. The molecule has 4 nitrogen and oxygen atoms in total. The van der Waals surface area contributed by atoms with Crippen LogP contribution >= 0.6 is 0 Å². The Labute approximate surface area is 131 Å². The molecule has 2 aromatic rings. The minimum Gasteiger partial charge on any atom is -0.460 e. The van der Waals surface area contributed by atoms with Crippen molar-refractivity contribution < 1.29 is 14.3 Å². The maximum atomic E-state index is 11.7. The number of hydrogen-bond acceptors (Lipinski definition) is 4. The van der Waals surface area contributed by atoms with E-state index in [1.807, 2.05) is 58.0 Å². The minimum absolute atomic E-state index is 0.102. The van der Waals surface area contributed by atoms with Crippen LogP contribution in [0, 0.1) is 0 Å². The van der Waals surface area contributed by atoms with Crippen molar-refractivity contribution in [2.24, 2.45) is 0 Å². The fourth-order valence-electron chi connectivity index (χ4n) is 2.28.